The maximum atomic E-state index is 12.1. The molecule has 130 valence electrons. The van der Waals surface area contributed by atoms with Crippen molar-refractivity contribution in [2.45, 2.75) is 19.8 Å². The fourth-order valence-corrected chi connectivity index (χ4v) is 3.47. The molecule has 0 radical (unpaired) electrons. The van der Waals surface area contributed by atoms with Crippen LogP contribution in [-0.2, 0) is 0 Å². The van der Waals surface area contributed by atoms with Gasteiger partial charge >= 0.3 is 0 Å². The van der Waals surface area contributed by atoms with E-state index in [2.05, 4.69) is 34.5 Å². The van der Waals surface area contributed by atoms with Crippen molar-refractivity contribution in [1.29, 1.82) is 0 Å². The number of halogens is 2. The van der Waals surface area contributed by atoms with Gasteiger partial charge in [0.05, 0.1) is 16.8 Å². The smallest absolute Gasteiger partial charge is 0.272 e. The Kier molecular flexibility index (Phi) is 5.61. The molecule has 3 rings (SSSR count). The van der Waals surface area contributed by atoms with Crippen molar-refractivity contribution in [2.24, 2.45) is 5.10 Å². The Morgan fingerprint density at radius 1 is 1.16 bits per heavy atom. The summed E-state index contributed by atoms with van der Waals surface area (Å²) >= 11 is 11.9. The highest BCUT2D eigenvalue weighted by atomic mass is 35.5. The van der Waals surface area contributed by atoms with Crippen molar-refractivity contribution in [3.8, 4) is 0 Å². The van der Waals surface area contributed by atoms with Crippen molar-refractivity contribution in [2.75, 3.05) is 18.0 Å². The highest BCUT2D eigenvalue weighted by Gasteiger charge is 2.14. The Labute approximate surface area is 157 Å². The van der Waals surface area contributed by atoms with E-state index in [1.807, 2.05) is 6.07 Å². The summed E-state index contributed by atoms with van der Waals surface area (Å²) in [5.41, 5.74) is 6.24. The zero-order chi connectivity index (χ0) is 17.8. The largest absolute Gasteiger partial charge is 0.371 e. The minimum Gasteiger partial charge on any atom is -0.371 e. The number of carbonyl (C=O) groups excluding carboxylic acids is 1. The number of rotatable bonds is 4. The predicted octanol–water partition coefficient (Wildman–Crippen LogP) is 4.67. The van der Waals surface area contributed by atoms with Gasteiger partial charge in [-0.2, -0.15) is 5.10 Å². The Balaban J connectivity index is 1.65. The molecule has 6 heteroatoms. The number of nitrogens with one attached hydrogen (secondary N) is 1. The molecule has 2 aromatic rings. The van der Waals surface area contributed by atoms with Gasteiger partial charge < -0.3 is 4.90 Å². The molecular formula is C19H19Cl2N3O. The van der Waals surface area contributed by atoms with Crippen LogP contribution in [0.3, 0.4) is 0 Å². The maximum absolute atomic E-state index is 12.1. The highest BCUT2D eigenvalue weighted by molar-refractivity contribution is 6.36. The standard InChI is InChI=1S/C19H19Cl2N3O/c1-13-10-14(4-7-18(13)24-8-2-3-9-24)12-22-23-19(25)16-6-5-15(20)11-17(16)21/h4-7,10-12H,2-3,8-9H2,1H3,(H,23,25). The fraction of sp³-hybridized carbons (Fsp3) is 0.263. The van der Waals surface area contributed by atoms with Crippen molar-refractivity contribution in [3.05, 3.63) is 63.1 Å². The number of hydrogen-bond acceptors (Lipinski definition) is 3. The minimum atomic E-state index is -0.372. The van der Waals surface area contributed by atoms with Gasteiger partial charge in [-0.15, -0.1) is 0 Å². The first-order valence-electron chi connectivity index (χ1n) is 8.18. The van der Waals surface area contributed by atoms with Gasteiger partial charge in [0.2, 0.25) is 0 Å². The average Bonchev–Trinajstić information content (AvgIpc) is 3.09. The summed E-state index contributed by atoms with van der Waals surface area (Å²) in [6.07, 6.45) is 4.13. The van der Waals surface area contributed by atoms with Crippen molar-refractivity contribution >= 4 is 41.0 Å². The molecule has 1 heterocycles. The van der Waals surface area contributed by atoms with Crippen LogP contribution < -0.4 is 10.3 Å². The van der Waals surface area contributed by atoms with Gasteiger partial charge in [-0.1, -0.05) is 29.3 Å². The molecule has 1 amide bonds. The third-order valence-corrected chi connectivity index (χ3v) is 4.77. The quantitative estimate of drug-likeness (QED) is 0.623. The van der Waals surface area contributed by atoms with Crippen LogP contribution >= 0.6 is 23.2 Å². The second kappa shape index (κ2) is 7.89. The number of hydrogen-bond donors (Lipinski definition) is 1. The molecular weight excluding hydrogens is 357 g/mol. The summed E-state index contributed by atoms with van der Waals surface area (Å²) in [6.45, 7) is 4.33. The van der Waals surface area contributed by atoms with E-state index in [0.717, 1.165) is 18.7 Å². The highest BCUT2D eigenvalue weighted by Crippen LogP contribution is 2.24. The van der Waals surface area contributed by atoms with Crippen LogP contribution in [0.1, 0.15) is 34.3 Å². The Hall–Kier alpha value is -2.04. The van der Waals surface area contributed by atoms with E-state index in [1.165, 1.54) is 30.2 Å². The van der Waals surface area contributed by atoms with Crippen LogP contribution in [0.15, 0.2) is 41.5 Å². The lowest BCUT2D eigenvalue weighted by Crippen LogP contribution is -2.19. The van der Waals surface area contributed by atoms with Gasteiger partial charge in [0.25, 0.3) is 5.91 Å². The maximum Gasteiger partial charge on any atom is 0.272 e. The molecule has 1 aliphatic heterocycles. The zero-order valence-electron chi connectivity index (χ0n) is 13.9. The van der Waals surface area contributed by atoms with Crippen molar-refractivity contribution in [1.82, 2.24) is 5.43 Å². The predicted molar refractivity (Wildman–Crippen MR) is 104 cm³/mol. The lowest BCUT2D eigenvalue weighted by Gasteiger charge is -2.20. The van der Waals surface area contributed by atoms with Crippen LogP contribution in [0, 0.1) is 6.92 Å². The van der Waals surface area contributed by atoms with Crippen LogP contribution in [0.5, 0.6) is 0 Å². The first-order valence-corrected chi connectivity index (χ1v) is 8.94. The van der Waals surface area contributed by atoms with E-state index < -0.39 is 0 Å². The first kappa shape index (κ1) is 17.8. The molecule has 4 nitrogen and oxygen atoms in total. The normalized spacial score (nSPS) is 14.3. The van der Waals surface area contributed by atoms with Crippen LogP contribution in [0.4, 0.5) is 5.69 Å². The molecule has 0 atom stereocenters. The van der Waals surface area contributed by atoms with Crippen molar-refractivity contribution < 1.29 is 4.79 Å². The van der Waals surface area contributed by atoms with Gasteiger partial charge in [-0.3, -0.25) is 4.79 Å². The molecule has 0 bridgehead atoms. The second-order valence-corrected chi connectivity index (χ2v) is 6.91. The molecule has 25 heavy (non-hydrogen) atoms. The van der Waals surface area contributed by atoms with Crippen LogP contribution in [0.2, 0.25) is 10.0 Å². The van der Waals surface area contributed by atoms with E-state index in [9.17, 15) is 4.79 Å². The third-order valence-electron chi connectivity index (χ3n) is 4.22. The van der Waals surface area contributed by atoms with Gasteiger partial charge in [0.1, 0.15) is 0 Å². The summed E-state index contributed by atoms with van der Waals surface area (Å²) in [4.78, 5) is 14.5. The number of aryl methyl sites for hydroxylation is 1. The Morgan fingerprint density at radius 2 is 1.92 bits per heavy atom. The topological polar surface area (TPSA) is 44.7 Å². The summed E-state index contributed by atoms with van der Waals surface area (Å²) < 4.78 is 0. The molecule has 1 N–H and O–H groups in total. The Bertz CT molecular complexity index is 814. The van der Waals surface area contributed by atoms with Gasteiger partial charge in [-0.25, -0.2) is 5.43 Å². The van der Waals surface area contributed by atoms with E-state index in [0.29, 0.717) is 15.6 Å². The monoisotopic (exact) mass is 375 g/mol. The first-order chi connectivity index (χ1) is 12.0. The molecule has 1 aliphatic rings. The minimum absolute atomic E-state index is 0.297. The van der Waals surface area contributed by atoms with Crippen LogP contribution in [-0.4, -0.2) is 25.2 Å². The molecule has 2 aromatic carbocycles. The van der Waals surface area contributed by atoms with Gasteiger partial charge in [-0.05, 0) is 61.2 Å². The Morgan fingerprint density at radius 3 is 2.60 bits per heavy atom. The molecule has 0 aliphatic carbocycles. The van der Waals surface area contributed by atoms with Gasteiger partial charge in [0.15, 0.2) is 0 Å². The summed E-state index contributed by atoms with van der Waals surface area (Å²) in [5, 5.41) is 4.80. The lowest BCUT2D eigenvalue weighted by atomic mass is 10.1. The van der Waals surface area contributed by atoms with Crippen molar-refractivity contribution in [3.63, 3.8) is 0 Å². The summed E-state index contributed by atoms with van der Waals surface area (Å²) in [6, 6.07) is 10.9. The molecule has 1 saturated heterocycles. The molecule has 1 fully saturated rings. The number of amides is 1. The fourth-order valence-electron chi connectivity index (χ4n) is 2.97. The molecule has 0 saturated carbocycles. The van der Waals surface area contributed by atoms with Gasteiger partial charge in [0, 0.05) is 23.8 Å². The van der Waals surface area contributed by atoms with E-state index in [1.54, 1.807) is 18.3 Å². The zero-order valence-corrected chi connectivity index (χ0v) is 15.4. The second-order valence-electron chi connectivity index (χ2n) is 6.06. The van der Waals surface area contributed by atoms with E-state index in [4.69, 9.17) is 23.2 Å². The number of benzene rings is 2. The average molecular weight is 376 g/mol. The molecule has 0 spiro atoms. The number of nitrogens with zero attached hydrogens (tertiary/aromatic N) is 2. The third kappa shape index (κ3) is 4.33. The summed E-state index contributed by atoms with van der Waals surface area (Å²) in [7, 11) is 0. The molecule has 0 aromatic heterocycles. The van der Waals surface area contributed by atoms with E-state index >= 15 is 0 Å². The number of hydrazone groups is 1. The SMILES string of the molecule is Cc1cc(C=NNC(=O)c2ccc(Cl)cc2Cl)ccc1N1CCCC1. The number of anilines is 1. The summed E-state index contributed by atoms with van der Waals surface area (Å²) in [5.74, 6) is -0.372. The molecule has 0 unspecified atom stereocenters. The van der Waals surface area contributed by atoms with Crippen LogP contribution in [0.25, 0.3) is 0 Å². The van der Waals surface area contributed by atoms with E-state index in [-0.39, 0.29) is 5.91 Å². The lowest BCUT2D eigenvalue weighted by molar-refractivity contribution is 0.0955. The number of carbonyl (C=O) groups is 1.